The highest BCUT2D eigenvalue weighted by atomic mass is 32.2. The van der Waals surface area contributed by atoms with Gasteiger partial charge in [0, 0.05) is 19.8 Å². The maximum absolute atomic E-state index is 2.48. The summed E-state index contributed by atoms with van der Waals surface area (Å²) in [5.41, 5.74) is 4.75. The first-order valence-electron chi connectivity index (χ1n) is 11.4. The highest BCUT2D eigenvalue weighted by molar-refractivity contribution is 8.01. The van der Waals surface area contributed by atoms with Crippen LogP contribution in [0.15, 0.2) is 52.3 Å². The Morgan fingerprint density at radius 1 is 0.767 bits per heavy atom. The second-order valence-corrected chi connectivity index (χ2v) is 14.1. The standard InChI is InChI=1S/C28H42S2/c1-11-24(29-22-16-13-20(14-17-22)28(9,10)12-2)23-19-21(26(3,4)5)15-18-25(23)30-27(6,7)8/h13-19,24H,11-12H2,1-10H3. The fourth-order valence-electron chi connectivity index (χ4n) is 3.41. The van der Waals surface area contributed by atoms with Crippen LogP contribution in [0, 0.1) is 0 Å². The van der Waals surface area contributed by atoms with Crippen molar-refractivity contribution in [1.82, 2.24) is 0 Å². The van der Waals surface area contributed by atoms with Crippen molar-refractivity contribution < 1.29 is 0 Å². The lowest BCUT2D eigenvalue weighted by Crippen LogP contribution is -2.15. The molecule has 0 radical (unpaired) electrons. The van der Waals surface area contributed by atoms with E-state index < -0.39 is 0 Å². The van der Waals surface area contributed by atoms with E-state index in [0.29, 0.717) is 5.25 Å². The Hall–Kier alpha value is -0.860. The van der Waals surface area contributed by atoms with Crippen LogP contribution in [0.5, 0.6) is 0 Å². The van der Waals surface area contributed by atoms with Gasteiger partial charge < -0.3 is 0 Å². The summed E-state index contributed by atoms with van der Waals surface area (Å²) in [5, 5.41) is 0.460. The second-order valence-electron chi connectivity index (χ2n) is 11.0. The van der Waals surface area contributed by atoms with E-state index in [1.807, 2.05) is 23.5 Å². The topological polar surface area (TPSA) is 0 Å². The van der Waals surface area contributed by atoms with Gasteiger partial charge in [0.2, 0.25) is 0 Å². The molecule has 0 nitrogen and oxygen atoms in total. The monoisotopic (exact) mass is 442 g/mol. The summed E-state index contributed by atoms with van der Waals surface area (Å²) in [6.07, 6.45) is 2.28. The molecule has 0 aliphatic rings. The molecule has 0 amide bonds. The van der Waals surface area contributed by atoms with Gasteiger partial charge in [-0.2, -0.15) is 0 Å². The fraction of sp³-hybridized carbons (Fsp3) is 0.571. The first kappa shape index (κ1) is 25.4. The smallest absolute Gasteiger partial charge is 0.0353 e. The zero-order valence-electron chi connectivity index (χ0n) is 20.8. The molecule has 2 aromatic carbocycles. The SMILES string of the molecule is CCC(Sc1ccc(C(C)(C)CC)cc1)c1cc(C(C)(C)C)ccc1SC(C)(C)C. The predicted octanol–water partition coefficient (Wildman–Crippen LogP) is 9.81. The van der Waals surface area contributed by atoms with Gasteiger partial charge >= 0.3 is 0 Å². The minimum atomic E-state index is 0.163. The molecule has 0 aliphatic heterocycles. The van der Waals surface area contributed by atoms with Gasteiger partial charge in [-0.15, -0.1) is 23.5 Å². The Balaban J connectivity index is 2.40. The highest BCUT2D eigenvalue weighted by Gasteiger charge is 2.24. The molecule has 2 aromatic rings. The van der Waals surface area contributed by atoms with Crippen LogP contribution in [0.25, 0.3) is 0 Å². The summed E-state index contributed by atoms with van der Waals surface area (Å²) in [7, 11) is 0. The maximum Gasteiger partial charge on any atom is 0.0353 e. The molecule has 0 N–H and O–H groups in total. The average Bonchev–Trinajstić information content (AvgIpc) is 2.65. The molecule has 0 saturated carbocycles. The molecular formula is C28H42S2. The van der Waals surface area contributed by atoms with Crippen LogP contribution >= 0.6 is 23.5 Å². The van der Waals surface area contributed by atoms with E-state index in [4.69, 9.17) is 0 Å². The van der Waals surface area contributed by atoms with Gasteiger partial charge in [-0.25, -0.2) is 0 Å². The van der Waals surface area contributed by atoms with Crippen molar-refractivity contribution in [3.8, 4) is 0 Å². The van der Waals surface area contributed by atoms with Crippen LogP contribution in [0.2, 0.25) is 0 Å². The van der Waals surface area contributed by atoms with Crippen molar-refractivity contribution in [3.05, 3.63) is 59.2 Å². The van der Waals surface area contributed by atoms with Gasteiger partial charge in [-0.05, 0) is 58.6 Å². The number of benzene rings is 2. The summed E-state index contributed by atoms with van der Waals surface area (Å²) in [6.45, 7) is 23.1. The van der Waals surface area contributed by atoms with E-state index in [1.54, 1.807) is 0 Å². The zero-order chi connectivity index (χ0) is 22.7. The molecule has 0 fully saturated rings. The maximum atomic E-state index is 2.48. The second kappa shape index (κ2) is 9.74. The Labute approximate surface area is 195 Å². The van der Waals surface area contributed by atoms with Crippen LogP contribution in [-0.4, -0.2) is 4.75 Å². The van der Waals surface area contributed by atoms with Gasteiger partial charge in [0.1, 0.15) is 0 Å². The fourth-order valence-corrected chi connectivity index (χ4v) is 5.71. The van der Waals surface area contributed by atoms with Crippen LogP contribution < -0.4 is 0 Å². The van der Waals surface area contributed by atoms with Crippen molar-refractivity contribution in [1.29, 1.82) is 0 Å². The van der Waals surface area contributed by atoms with Crippen LogP contribution in [0.4, 0.5) is 0 Å². The predicted molar refractivity (Wildman–Crippen MR) is 139 cm³/mol. The van der Waals surface area contributed by atoms with Gasteiger partial charge in [-0.1, -0.05) is 93.5 Å². The molecule has 0 bridgehead atoms. The van der Waals surface area contributed by atoms with Gasteiger partial charge in [0.15, 0.2) is 0 Å². The quantitative estimate of drug-likeness (QED) is 0.391. The molecule has 1 atom stereocenters. The first-order valence-corrected chi connectivity index (χ1v) is 13.1. The summed E-state index contributed by atoms with van der Waals surface area (Å²) >= 11 is 4.01. The zero-order valence-corrected chi connectivity index (χ0v) is 22.5. The van der Waals surface area contributed by atoms with Crippen molar-refractivity contribution in [2.75, 3.05) is 0 Å². The number of rotatable bonds is 7. The lowest BCUT2D eigenvalue weighted by molar-refractivity contribution is 0.506. The van der Waals surface area contributed by atoms with Gasteiger partial charge in [0.25, 0.3) is 0 Å². The Morgan fingerprint density at radius 2 is 1.33 bits per heavy atom. The van der Waals surface area contributed by atoms with Crippen LogP contribution in [0.3, 0.4) is 0 Å². The third kappa shape index (κ3) is 6.82. The Morgan fingerprint density at radius 3 is 1.80 bits per heavy atom. The number of hydrogen-bond acceptors (Lipinski definition) is 2. The summed E-state index contributed by atoms with van der Waals surface area (Å²) in [4.78, 5) is 2.80. The Kier molecular flexibility index (Phi) is 8.24. The van der Waals surface area contributed by atoms with E-state index in [2.05, 4.69) is 112 Å². The molecular weight excluding hydrogens is 400 g/mol. The molecule has 0 aliphatic carbocycles. The molecule has 1 unspecified atom stereocenters. The van der Waals surface area contributed by atoms with E-state index in [9.17, 15) is 0 Å². The van der Waals surface area contributed by atoms with E-state index >= 15 is 0 Å². The molecule has 0 heterocycles. The van der Waals surface area contributed by atoms with Gasteiger partial charge in [0.05, 0.1) is 0 Å². The molecule has 0 aromatic heterocycles. The molecule has 0 saturated heterocycles. The molecule has 166 valence electrons. The highest BCUT2D eigenvalue weighted by Crippen LogP contribution is 2.45. The molecule has 0 spiro atoms. The summed E-state index contributed by atoms with van der Waals surface area (Å²) in [5.74, 6) is 0. The van der Waals surface area contributed by atoms with Crippen LogP contribution in [-0.2, 0) is 10.8 Å². The molecule has 30 heavy (non-hydrogen) atoms. The van der Waals surface area contributed by atoms with E-state index in [-0.39, 0.29) is 15.6 Å². The Bertz CT molecular complexity index is 817. The third-order valence-electron chi connectivity index (χ3n) is 5.81. The minimum Gasteiger partial charge on any atom is -0.120 e. The normalized spacial score (nSPS) is 14.1. The van der Waals surface area contributed by atoms with Gasteiger partial charge in [-0.3, -0.25) is 0 Å². The van der Waals surface area contributed by atoms with Crippen molar-refractivity contribution in [2.24, 2.45) is 0 Å². The van der Waals surface area contributed by atoms with Crippen molar-refractivity contribution >= 4 is 23.5 Å². The van der Waals surface area contributed by atoms with Crippen molar-refractivity contribution in [3.63, 3.8) is 0 Å². The lowest BCUT2D eigenvalue weighted by Gasteiger charge is -2.27. The minimum absolute atomic E-state index is 0.163. The van der Waals surface area contributed by atoms with Crippen molar-refractivity contribution in [2.45, 2.75) is 113 Å². The molecule has 2 rings (SSSR count). The first-order chi connectivity index (χ1) is 13.8. The lowest BCUT2D eigenvalue weighted by atomic mass is 9.82. The molecule has 2 heteroatoms. The largest absolute Gasteiger partial charge is 0.120 e. The van der Waals surface area contributed by atoms with E-state index in [1.165, 1.54) is 26.5 Å². The summed E-state index contributed by atoms with van der Waals surface area (Å²) < 4.78 is 0.203. The third-order valence-corrected chi connectivity index (χ3v) is 8.43. The van der Waals surface area contributed by atoms with E-state index in [0.717, 1.165) is 12.8 Å². The summed E-state index contributed by atoms with van der Waals surface area (Å²) in [6, 6.07) is 16.5. The average molecular weight is 443 g/mol. The number of hydrogen-bond donors (Lipinski definition) is 0. The number of thioether (sulfide) groups is 2. The van der Waals surface area contributed by atoms with Crippen LogP contribution in [0.1, 0.15) is 104 Å².